The third-order valence-electron chi connectivity index (χ3n) is 13.8. The molecule has 0 N–H and O–H groups in total. The molecule has 11 nitrogen and oxygen atoms in total. The molecule has 53 heavy (non-hydrogen) atoms. The first-order valence-corrected chi connectivity index (χ1v) is 20.9. The molecule has 0 aromatic heterocycles. The van der Waals surface area contributed by atoms with Crippen LogP contribution >= 0.6 is 0 Å². The second kappa shape index (κ2) is 18.2. The molecular weight excluding hydrogens is 678 g/mol. The Morgan fingerprint density at radius 3 is 2.28 bits per heavy atom. The van der Waals surface area contributed by atoms with Crippen LogP contribution in [0, 0.1) is 35.5 Å². The fourth-order valence-corrected chi connectivity index (χ4v) is 11.1. The molecule has 3 saturated heterocycles. The predicted octanol–water partition coefficient (Wildman–Crippen LogP) is 6.10. The van der Waals surface area contributed by atoms with Crippen LogP contribution in [0.5, 0.6) is 0 Å². The van der Waals surface area contributed by atoms with Gasteiger partial charge in [0, 0.05) is 38.7 Å². The molecule has 3 aliphatic heterocycles. The second-order valence-corrected chi connectivity index (χ2v) is 17.1. The van der Waals surface area contributed by atoms with E-state index < -0.39 is 12.4 Å². The van der Waals surface area contributed by atoms with Gasteiger partial charge in [-0.05, 0) is 128 Å². The van der Waals surface area contributed by atoms with Crippen molar-refractivity contribution in [2.75, 3.05) is 34.9 Å². The number of methoxy groups -OCH3 is 2. The maximum Gasteiger partial charge on any atom is 0.306 e. The minimum atomic E-state index is -0.568. The Bertz CT molecular complexity index is 1260. The van der Waals surface area contributed by atoms with Gasteiger partial charge in [-0.15, -0.1) is 0 Å². The molecule has 0 amide bonds. The van der Waals surface area contributed by atoms with Crippen LogP contribution in [0.3, 0.4) is 0 Å². The molecular formula is C42H69NO10. The normalized spacial score (nSPS) is 45.4. The molecule has 0 aromatic carbocycles. The monoisotopic (exact) mass is 747 g/mol. The van der Waals surface area contributed by atoms with E-state index in [9.17, 15) is 9.59 Å². The molecule has 0 bridgehead atoms. The van der Waals surface area contributed by atoms with Crippen LogP contribution in [0.15, 0.2) is 11.6 Å². The lowest BCUT2D eigenvalue weighted by Crippen LogP contribution is -2.60. The summed E-state index contributed by atoms with van der Waals surface area (Å²) in [5.41, 5.74) is 0.816. The zero-order valence-corrected chi connectivity index (χ0v) is 33.9. The summed E-state index contributed by atoms with van der Waals surface area (Å²) in [7, 11) is 7.55. The number of ether oxygens (including phenoxy) is 8. The lowest BCUT2D eigenvalue weighted by atomic mass is 9.66. The molecule has 302 valence electrons. The second-order valence-electron chi connectivity index (χ2n) is 17.1. The highest BCUT2D eigenvalue weighted by molar-refractivity contribution is 5.99. The van der Waals surface area contributed by atoms with E-state index in [1.54, 1.807) is 14.2 Å². The summed E-state index contributed by atoms with van der Waals surface area (Å²) in [4.78, 5) is 30.5. The SMILES string of the molecule is CCO[C@@H]1[C@@H](OC)[C@H](C)O[C@@H](O[C@@H]2C[C@H]3CC[C@@H]4[C@@H](C=C5C(=O)[C@H](C)[C@@H](O[C@H]6CC[C@@H](N(C)C)[C@@H](C)O6)CCC[C@H](CC)OC(=O)C[C@H]54)[C@@H]3C2)[C@@H]1OC. The molecule has 3 aliphatic carbocycles. The van der Waals surface area contributed by atoms with Crippen LogP contribution in [-0.4, -0.2) is 119 Å². The summed E-state index contributed by atoms with van der Waals surface area (Å²) < 4.78 is 50.2. The molecule has 3 heterocycles. The van der Waals surface area contributed by atoms with Gasteiger partial charge < -0.3 is 42.8 Å². The van der Waals surface area contributed by atoms with Gasteiger partial charge in [0.15, 0.2) is 18.4 Å². The number of cyclic esters (lactones) is 1. The Morgan fingerprint density at radius 2 is 1.60 bits per heavy atom. The van der Waals surface area contributed by atoms with Crippen molar-refractivity contribution < 1.29 is 47.5 Å². The molecule has 0 radical (unpaired) electrons. The first kappa shape index (κ1) is 41.2. The van der Waals surface area contributed by atoms with Crippen LogP contribution < -0.4 is 0 Å². The summed E-state index contributed by atoms with van der Waals surface area (Å²) in [5, 5.41) is 0. The zero-order valence-electron chi connectivity index (χ0n) is 33.9. The van der Waals surface area contributed by atoms with Crippen molar-refractivity contribution in [1.82, 2.24) is 4.90 Å². The first-order valence-electron chi connectivity index (χ1n) is 20.9. The van der Waals surface area contributed by atoms with Crippen molar-refractivity contribution in [2.24, 2.45) is 35.5 Å². The van der Waals surface area contributed by atoms with Crippen molar-refractivity contribution >= 4 is 11.8 Å². The summed E-state index contributed by atoms with van der Waals surface area (Å²) in [6.07, 6.45) is 8.81. The number of Topliss-reactive ketones (excluding diaryl/α,β-unsaturated/α-hetero) is 1. The molecule has 5 fully saturated rings. The maximum atomic E-state index is 14.7. The number of rotatable bonds is 10. The summed E-state index contributed by atoms with van der Waals surface area (Å²) in [5.74, 6) is 0.733. The number of hydrogen-bond donors (Lipinski definition) is 0. The minimum absolute atomic E-state index is 0.00218. The number of allylic oxidation sites excluding steroid dienone is 2. The molecule has 6 rings (SSSR count). The Kier molecular flexibility index (Phi) is 14.2. The number of hydrogen-bond acceptors (Lipinski definition) is 11. The summed E-state index contributed by atoms with van der Waals surface area (Å²) in [6.45, 7) is 10.7. The number of likely N-dealkylation sites (N-methyl/N-ethyl adjacent to an activating group) is 1. The van der Waals surface area contributed by atoms with Gasteiger partial charge in [-0.3, -0.25) is 9.59 Å². The Hall–Kier alpha value is -1.44. The van der Waals surface area contributed by atoms with Crippen LogP contribution in [0.1, 0.15) is 105 Å². The number of esters is 1. The zero-order chi connectivity index (χ0) is 38.0. The highest BCUT2D eigenvalue weighted by Gasteiger charge is 2.54. The van der Waals surface area contributed by atoms with E-state index in [-0.39, 0.29) is 90.9 Å². The van der Waals surface area contributed by atoms with Gasteiger partial charge in [-0.2, -0.15) is 0 Å². The van der Waals surface area contributed by atoms with E-state index in [1.165, 1.54) is 0 Å². The average Bonchev–Trinajstić information content (AvgIpc) is 3.70. The van der Waals surface area contributed by atoms with E-state index in [4.69, 9.17) is 37.9 Å². The molecule has 0 aromatic rings. The van der Waals surface area contributed by atoms with Crippen molar-refractivity contribution in [3.05, 3.63) is 11.6 Å². The van der Waals surface area contributed by atoms with Crippen LogP contribution in [0.2, 0.25) is 0 Å². The van der Waals surface area contributed by atoms with Gasteiger partial charge in [-0.1, -0.05) is 19.9 Å². The van der Waals surface area contributed by atoms with Crippen molar-refractivity contribution in [3.8, 4) is 0 Å². The van der Waals surface area contributed by atoms with E-state index in [0.717, 1.165) is 69.8 Å². The van der Waals surface area contributed by atoms with Gasteiger partial charge in [0.1, 0.15) is 24.4 Å². The fourth-order valence-electron chi connectivity index (χ4n) is 11.1. The molecule has 2 saturated carbocycles. The quantitative estimate of drug-likeness (QED) is 0.242. The maximum absolute atomic E-state index is 14.7. The van der Waals surface area contributed by atoms with Crippen molar-refractivity contribution in [2.45, 2.75) is 173 Å². The Labute approximate surface area is 318 Å². The topological polar surface area (TPSA) is 111 Å². The highest BCUT2D eigenvalue weighted by atomic mass is 16.7. The van der Waals surface area contributed by atoms with E-state index in [1.807, 2.05) is 20.8 Å². The third kappa shape index (κ3) is 8.93. The average molecular weight is 748 g/mol. The molecule has 0 unspecified atom stereocenters. The summed E-state index contributed by atoms with van der Waals surface area (Å²) >= 11 is 0. The van der Waals surface area contributed by atoms with E-state index in [0.29, 0.717) is 24.5 Å². The van der Waals surface area contributed by atoms with Crippen LogP contribution in [-0.2, 0) is 47.5 Å². The standard InChI is InChI=1S/C42H69NO10/c1-10-27-13-12-14-35(53-37-18-17-34(43(6)7)24(4)49-37)23(3)38(45)33-21-31-29(32(33)22-36(44)51-27)16-15-26-19-28(20-30(26)31)52-42-41(47-9)40(48-11-2)39(46-8)25(5)50-42/h21,23-32,34-35,37,39-42H,10-20,22H2,1-9H3/t23-,24-,25+,26-,27+,28-,29-,30-,31-,32+,34-,35+,37+,39+,40-,41-,42+/m1/s1. The lowest BCUT2D eigenvalue weighted by Gasteiger charge is -2.44. The smallest absolute Gasteiger partial charge is 0.306 e. The van der Waals surface area contributed by atoms with Gasteiger partial charge in [-0.25, -0.2) is 0 Å². The van der Waals surface area contributed by atoms with Crippen molar-refractivity contribution in [1.29, 1.82) is 0 Å². The minimum Gasteiger partial charge on any atom is -0.462 e. The van der Waals surface area contributed by atoms with Gasteiger partial charge in [0.05, 0.1) is 30.8 Å². The number of carbonyl (C=O) groups is 2. The van der Waals surface area contributed by atoms with Gasteiger partial charge in [0.25, 0.3) is 0 Å². The summed E-state index contributed by atoms with van der Waals surface area (Å²) in [6, 6.07) is 0.345. The fraction of sp³-hybridized carbons (Fsp3) is 0.905. The van der Waals surface area contributed by atoms with E-state index >= 15 is 0 Å². The molecule has 17 atom stereocenters. The third-order valence-corrected chi connectivity index (χ3v) is 13.8. The van der Waals surface area contributed by atoms with Gasteiger partial charge >= 0.3 is 5.97 Å². The molecule has 6 aliphatic rings. The first-order chi connectivity index (χ1) is 25.5. The van der Waals surface area contributed by atoms with Crippen LogP contribution in [0.25, 0.3) is 0 Å². The number of nitrogens with zero attached hydrogens (tertiary/aromatic N) is 1. The number of ketones is 1. The number of carbonyl (C=O) groups excluding carboxylic acids is 2. The van der Waals surface area contributed by atoms with Crippen LogP contribution in [0.4, 0.5) is 0 Å². The Balaban J connectivity index is 1.20. The highest BCUT2D eigenvalue weighted by Crippen LogP contribution is 2.57. The number of fused-ring (bicyclic) bond motifs is 5. The molecule has 11 heteroatoms. The largest absolute Gasteiger partial charge is 0.462 e. The van der Waals surface area contributed by atoms with E-state index in [2.05, 4.69) is 38.9 Å². The lowest BCUT2D eigenvalue weighted by molar-refractivity contribution is -0.317. The van der Waals surface area contributed by atoms with Gasteiger partial charge in [0.2, 0.25) is 0 Å². The van der Waals surface area contributed by atoms with Crippen molar-refractivity contribution in [3.63, 3.8) is 0 Å². The predicted molar refractivity (Wildman–Crippen MR) is 199 cm³/mol. The Morgan fingerprint density at radius 1 is 0.830 bits per heavy atom. The molecule has 0 spiro atoms.